The molecule has 0 aliphatic carbocycles. The van der Waals surface area contributed by atoms with Crippen LogP contribution in [0.5, 0.6) is 0 Å². The van der Waals surface area contributed by atoms with Crippen molar-refractivity contribution in [2.24, 2.45) is 0 Å². The van der Waals surface area contributed by atoms with E-state index in [1.54, 1.807) is 18.5 Å². The van der Waals surface area contributed by atoms with Gasteiger partial charge >= 0.3 is 0 Å². The maximum atomic E-state index is 5.57. The Labute approximate surface area is 91.5 Å². The van der Waals surface area contributed by atoms with Crippen molar-refractivity contribution in [3.05, 3.63) is 24.4 Å². The highest BCUT2D eigenvalue weighted by Crippen LogP contribution is 2.15. The van der Waals surface area contributed by atoms with E-state index in [0.29, 0.717) is 24.1 Å². The number of aromatic nitrogens is 4. The van der Waals surface area contributed by atoms with Crippen LogP contribution in [-0.2, 0) is 6.42 Å². The zero-order valence-electron chi connectivity index (χ0n) is 7.93. The number of hydrogen-bond acceptors (Lipinski definition) is 5. The summed E-state index contributed by atoms with van der Waals surface area (Å²) >= 11 is 5.57. The van der Waals surface area contributed by atoms with E-state index in [2.05, 4.69) is 20.4 Å². The minimum atomic E-state index is 0.467. The molecule has 2 aromatic heterocycles. The number of nitrogens with zero attached hydrogens (tertiary/aromatic N) is 4. The maximum Gasteiger partial charge on any atom is 0.249 e. The first-order valence-electron chi connectivity index (χ1n) is 4.55. The third kappa shape index (κ3) is 2.50. The number of rotatable bonds is 4. The van der Waals surface area contributed by atoms with Crippen molar-refractivity contribution < 1.29 is 4.42 Å². The van der Waals surface area contributed by atoms with Crippen LogP contribution in [0.4, 0.5) is 0 Å². The van der Waals surface area contributed by atoms with E-state index in [0.717, 1.165) is 12.0 Å². The average Bonchev–Trinajstić information content (AvgIpc) is 2.76. The van der Waals surface area contributed by atoms with Crippen molar-refractivity contribution in [2.45, 2.75) is 12.8 Å². The second-order valence-corrected chi connectivity index (χ2v) is 3.30. The second kappa shape index (κ2) is 4.84. The molecule has 0 aromatic carbocycles. The van der Waals surface area contributed by atoms with Crippen LogP contribution in [0.1, 0.15) is 12.3 Å². The van der Waals surface area contributed by atoms with Crippen LogP contribution < -0.4 is 0 Å². The van der Waals surface area contributed by atoms with Gasteiger partial charge in [-0.3, -0.25) is 0 Å². The first kappa shape index (κ1) is 10.0. The van der Waals surface area contributed by atoms with Gasteiger partial charge in [0.05, 0.1) is 18.0 Å². The summed E-state index contributed by atoms with van der Waals surface area (Å²) in [6.45, 7) is 0. The Hall–Kier alpha value is -1.49. The van der Waals surface area contributed by atoms with E-state index in [4.69, 9.17) is 16.0 Å². The molecule has 5 nitrogen and oxygen atoms in total. The third-order valence-corrected chi connectivity index (χ3v) is 2.09. The van der Waals surface area contributed by atoms with E-state index >= 15 is 0 Å². The minimum absolute atomic E-state index is 0.467. The van der Waals surface area contributed by atoms with Gasteiger partial charge in [-0.2, -0.15) is 10.2 Å². The van der Waals surface area contributed by atoms with Gasteiger partial charge < -0.3 is 4.42 Å². The summed E-state index contributed by atoms with van der Waals surface area (Å²) in [5.74, 6) is 1.66. The number of alkyl halides is 1. The van der Waals surface area contributed by atoms with Crippen molar-refractivity contribution in [3.8, 4) is 11.5 Å². The van der Waals surface area contributed by atoms with E-state index in [1.165, 1.54) is 0 Å². The summed E-state index contributed by atoms with van der Waals surface area (Å²) in [5, 5.41) is 15.2. The van der Waals surface area contributed by atoms with Gasteiger partial charge in [-0.1, -0.05) is 0 Å². The van der Waals surface area contributed by atoms with Gasteiger partial charge in [-0.25, -0.2) is 0 Å². The molecule has 0 bridgehead atoms. The first-order valence-corrected chi connectivity index (χ1v) is 5.09. The van der Waals surface area contributed by atoms with Crippen molar-refractivity contribution in [1.29, 1.82) is 0 Å². The van der Waals surface area contributed by atoms with E-state index in [-0.39, 0.29) is 0 Å². The molecule has 6 heteroatoms. The number of halogens is 1. The Balaban J connectivity index is 2.14. The molecule has 0 unspecified atom stereocenters. The lowest BCUT2D eigenvalue weighted by molar-refractivity contribution is 0.502. The zero-order chi connectivity index (χ0) is 10.5. The molecule has 0 atom stereocenters. The number of aryl methyl sites for hydroxylation is 1. The summed E-state index contributed by atoms with van der Waals surface area (Å²) in [7, 11) is 0. The third-order valence-electron chi connectivity index (χ3n) is 1.82. The monoisotopic (exact) mass is 224 g/mol. The van der Waals surface area contributed by atoms with Gasteiger partial charge in [0.15, 0.2) is 0 Å². The van der Waals surface area contributed by atoms with Crippen LogP contribution in [0, 0.1) is 0 Å². The van der Waals surface area contributed by atoms with Crippen molar-refractivity contribution in [3.63, 3.8) is 0 Å². The molecule has 0 spiro atoms. The smallest absolute Gasteiger partial charge is 0.249 e. The molecule has 0 aliphatic heterocycles. The van der Waals surface area contributed by atoms with Crippen molar-refractivity contribution >= 4 is 11.6 Å². The number of hydrogen-bond donors (Lipinski definition) is 0. The molecule has 0 radical (unpaired) electrons. The highest BCUT2D eigenvalue weighted by molar-refractivity contribution is 6.17. The summed E-state index contributed by atoms with van der Waals surface area (Å²) < 4.78 is 5.42. The molecule has 0 saturated heterocycles. The maximum absolute atomic E-state index is 5.57. The summed E-state index contributed by atoms with van der Waals surface area (Å²) in [6, 6.07) is 1.77. The molecule has 0 aliphatic rings. The molecular formula is C9H9ClN4O. The fourth-order valence-corrected chi connectivity index (χ4v) is 1.24. The standard InChI is InChI=1S/C9H9ClN4O/c10-4-1-2-8-13-14-9(15-8)7-3-5-11-12-6-7/h3,5-6H,1-2,4H2. The fourth-order valence-electron chi connectivity index (χ4n) is 1.11. The Morgan fingerprint density at radius 3 is 2.93 bits per heavy atom. The Morgan fingerprint density at radius 1 is 1.27 bits per heavy atom. The summed E-state index contributed by atoms with van der Waals surface area (Å²) in [4.78, 5) is 0. The Kier molecular flexibility index (Phi) is 3.24. The molecule has 0 amide bonds. The van der Waals surface area contributed by atoms with Gasteiger partial charge in [-0.05, 0) is 12.5 Å². The lowest BCUT2D eigenvalue weighted by Gasteiger charge is -1.91. The van der Waals surface area contributed by atoms with Crippen molar-refractivity contribution in [2.75, 3.05) is 5.88 Å². The zero-order valence-corrected chi connectivity index (χ0v) is 8.68. The SMILES string of the molecule is ClCCCc1nnc(-c2ccnnc2)o1. The van der Waals surface area contributed by atoms with Crippen LogP contribution in [0.25, 0.3) is 11.5 Å². The largest absolute Gasteiger partial charge is 0.421 e. The molecule has 2 heterocycles. The summed E-state index contributed by atoms with van der Waals surface area (Å²) in [5.41, 5.74) is 0.773. The second-order valence-electron chi connectivity index (χ2n) is 2.92. The fraction of sp³-hybridized carbons (Fsp3) is 0.333. The molecular weight excluding hydrogens is 216 g/mol. The van der Waals surface area contributed by atoms with Gasteiger partial charge in [0.1, 0.15) is 0 Å². The Bertz CT molecular complexity index is 417. The molecule has 0 N–H and O–H groups in total. The van der Waals surface area contributed by atoms with Crippen LogP contribution >= 0.6 is 11.6 Å². The lowest BCUT2D eigenvalue weighted by atomic mass is 10.3. The average molecular weight is 225 g/mol. The Morgan fingerprint density at radius 2 is 2.20 bits per heavy atom. The van der Waals surface area contributed by atoms with Crippen LogP contribution in [0.15, 0.2) is 22.9 Å². The molecule has 0 fully saturated rings. The molecule has 15 heavy (non-hydrogen) atoms. The predicted molar refractivity (Wildman–Crippen MR) is 54.4 cm³/mol. The van der Waals surface area contributed by atoms with E-state index in [1.807, 2.05) is 0 Å². The molecule has 2 rings (SSSR count). The van der Waals surface area contributed by atoms with Crippen molar-refractivity contribution in [1.82, 2.24) is 20.4 Å². The predicted octanol–water partition coefficient (Wildman–Crippen LogP) is 1.70. The molecule has 0 saturated carbocycles. The highest BCUT2D eigenvalue weighted by Gasteiger charge is 2.07. The van der Waals surface area contributed by atoms with E-state index < -0.39 is 0 Å². The molecule has 2 aromatic rings. The van der Waals surface area contributed by atoms with Gasteiger partial charge in [-0.15, -0.1) is 21.8 Å². The van der Waals surface area contributed by atoms with Gasteiger partial charge in [0.25, 0.3) is 0 Å². The highest BCUT2D eigenvalue weighted by atomic mass is 35.5. The van der Waals surface area contributed by atoms with E-state index in [9.17, 15) is 0 Å². The van der Waals surface area contributed by atoms with Gasteiger partial charge in [0.2, 0.25) is 11.8 Å². The van der Waals surface area contributed by atoms with Gasteiger partial charge in [0, 0.05) is 12.3 Å². The van der Waals surface area contributed by atoms with Crippen LogP contribution in [0.3, 0.4) is 0 Å². The van der Waals surface area contributed by atoms with Crippen LogP contribution in [-0.4, -0.2) is 26.3 Å². The minimum Gasteiger partial charge on any atom is -0.421 e. The van der Waals surface area contributed by atoms with Crippen LogP contribution in [0.2, 0.25) is 0 Å². The lowest BCUT2D eigenvalue weighted by Crippen LogP contribution is -1.85. The molecule has 78 valence electrons. The summed E-state index contributed by atoms with van der Waals surface area (Å²) in [6.07, 6.45) is 4.70. The normalized spacial score (nSPS) is 10.5. The topological polar surface area (TPSA) is 64.7 Å². The first-order chi connectivity index (χ1) is 7.40. The quantitative estimate of drug-likeness (QED) is 0.740.